The van der Waals surface area contributed by atoms with Crippen LogP contribution in [0.15, 0.2) is 106 Å². The summed E-state index contributed by atoms with van der Waals surface area (Å²) in [6.45, 7) is 11.5. The third-order valence-corrected chi connectivity index (χ3v) is 7.96. The molecule has 0 saturated carbocycles. The van der Waals surface area contributed by atoms with E-state index in [1.807, 2.05) is 60.7 Å². The number of non-ortho nitro benzene ring substituents is 2. The van der Waals surface area contributed by atoms with Crippen LogP contribution in [0.5, 0.6) is 0 Å². The van der Waals surface area contributed by atoms with Gasteiger partial charge in [-0.3, -0.25) is 20.2 Å². The van der Waals surface area contributed by atoms with Crippen LogP contribution in [0.3, 0.4) is 0 Å². The minimum Gasteiger partial charge on any atom is -0.440 e. The topological polar surface area (TPSA) is 119 Å². The molecule has 0 spiro atoms. The molecular formula is C36H36N4O6. The van der Waals surface area contributed by atoms with Crippen LogP contribution in [0, 0.1) is 20.2 Å². The molecule has 0 saturated heterocycles. The Bertz CT molecular complexity index is 1820. The first-order chi connectivity index (χ1) is 22.3. The molecule has 0 radical (unpaired) electrons. The molecule has 0 bridgehead atoms. The summed E-state index contributed by atoms with van der Waals surface area (Å²) in [4.78, 5) is 25.4. The van der Waals surface area contributed by atoms with E-state index in [4.69, 9.17) is 8.83 Å². The number of nitro groups is 2. The number of hydrogen-bond donors (Lipinski definition) is 0. The van der Waals surface area contributed by atoms with Crippen molar-refractivity contribution >= 4 is 45.1 Å². The average molecular weight is 621 g/mol. The minimum absolute atomic E-state index is 0.0389. The van der Waals surface area contributed by atoms with E-state index in [9.17, 15) is 20.2 Å². The van der Waals surface area contributed by atoms with Gasteiger partial charge in [-0.05, 0) is 51.0 Å². The quantitative estimate of drug-likeness (QED) is 0.110. The Labute approximate surface area is 266 Å². The zero-order valence-electron chi connectivity index (χ0n) is 26.3. The Morgan fingerprint density at radius 1 is 0.543 bits per heavy atom. The maximum atomic E-state index is 11.0. The van der Waals surface area contributed by atoms with Gasteiger partial charge in [0.25, 0.3) is 11.4 Å². The lowest BCUT2D eigenvalue weighted by molar-refractivity contribution is -0.384. The van der Waals surface area contributed by atoms with Crippen LogP contribution in [0.4, 0.5) is 23.1 Å². The molecule has 0 aliphatic rings. The SMILES string of the molecule is CCN(CC)c1oc2cc([N+](=O)[O-])ccc2c1-c1ccccc1.CCN(CC)c1oc2cc([N+](=O)[O-])ccc2c1-c1ccccc1. The van der Waals surface area contributed by atoms with Crippen molar-refractivity contribution in [3.63, 3.8) is 0 Å². The molecule has 236 valence electrons. The summed E-state index contributed by atoms with van der Waals surface area (Å²) in [5, 5.41) is 23.8. The molecule has 46 heavy (non-hydrogen) atoms. The first-order valence-electron chi connectivity index (χ1n) is 15.3. The number of fused-ring (bicyclic) bond motifs is 2. The molecule has 0 aliphatic carbocycles. The van der Waals surface area contributed by atoms with Crippen molar-refractivity contribution in [1.29, 1.82) is 0 Å². The van der Waals surface area contributed by atoms with Gasteiger partial charge < -0.3 is 18.6 Å². The lowest BCUT2D eigenvalue weighted by atomic mass is 10.0. The van der Waals surface area contributed by atoms with Crippen molar-refractivity contribution in [2.24, 2.45) is 0 Å². The molecule has 2 aromatic heterocycles. The normalized spacial score (nSPS) is 10.9. The monoisotopic (exact) mass is 620 g/mol. The minimum atomic E-state index is -0.402. The fourth-order valence-corrected chi connectivity index (χ4v) is 5.61. The van der Waals surface area contributed by atoms with Gasteiger partial charge in [0, 0.05) is 49.1 Å². The molecule has 0 amide bonds. The van der Waals surface area contributed by atoms with Gasteiger partial charge >= 0.3 is 0 Å². The third kappa shape index (κ3) is 6.28. The van der Waals surface area contributed by atoms with Crippen molar-refractivity contribution < 1.29 is 18.7 Å². The third-order valence-electron chi connectivity index (χ3n) is 7.96. The first-order valence-corrected chi connectivity index (χ1v) is 15.3. The molecule has 10 nitrogen and oxygen atoms in total. The van der Waals surface area contributed by atoms with Crippen LogP contribution >= 0.6 is 0 Å². The highest BCUT2D eigenvalue weighted by atomic mass is 16.6. The van der Waals surface area contributed by atoms with E-state index < -0.39 is 9.85 Å². The first kappa shape index (κ1) is 31.8. The number of anilines is 2. The van der Waals surface area contributed by atoms with Gasteiger partial charge in [-0.1, -0.05) is 60.7 Å². The van der Waals surface area contributed by atoms with Crippen molar-refractivity contribution in [3.8, 4) is 22.3 Å². The molecule has 10 heteroatoms. The number of benzene rings is 4. The van der Waals surface area contributed by atoms with Crippen molar-refractivity contribution in [2.75, 3.05) is 36.0 Å². The largest absolute Gasteiger partial charge is 0.440 e. The number of nitrogens with zero attached hydrogens (tertiary/aromatic N) is 4. The summed E-state index contributed by atoms with van der Waals surface area (Å²) in [6, 6.07) is 29.5. The second kappa shape index (κ2) is 14.0. The Balaban J connectivity index is 0.000000181. The summed E-state index contributed by atoms with van der Waals surface area (Å²) in [5.74, 6) is 1.52. The van der Waals surface area contributed by atoms with Crippen LogP contribution in [0.2, 0.25) is 0 Å². The molecule has 6 rings (SSSR count). The predicted molar refractivity (Wildman–Crippen MR) is 184 cm³/mol. The standard InChI is InChI=1S/2C18H18N2O3/c2*1-3-19(4-2)18-17(13-8-6-5-7-9-13)15-11-10-14(20(21)22)12-16(15)23-18/h2*5-12H,3-4H2,1-2H3. The van der Waals surface area contributed by atoms with Crippen molar-refractivity contribution in [3.05, 3.63) is 117 Å². The van der Waals surface area contributed by atoms with Crippen LogP contribution in [0.25, 0.3) is 44.2 Å². The molecule has 6 aromatic rings. The molecule has 0 aliphatic heterocycles. The Morgan fingerprint density at radius 3 is 1.20 bits per heavy atom. The maximum absolute atomic E-state index is 11.0. The smallest absolute Gasteiger partial charge is 0.273 e. The van der Waals surface area contributed by atoms with E-state index in [2.05, 4.69) is 37.5 Å². The van der Waals surface area contributed by atoms with E-state index in [0.717, 1.165) is 71.0 Å². The van der Waals surface area contributed by atoms with Crippen molar-refractivity contribution in [1.82, 2.24) is 0 Å². The van der Waals surface area contributed by atoms with Crippen LogP contribution in [-0.2, 0) is 0 Å². The molecule has 0 atom stereocenters. The number of nitro benzene ring substituents is 2. The summed E-state index contributed by atoms with van der Waals surface area (Å²) < 4.78 is 12.0. The summed E-state index contributed by atoms with van der Waals surface area (Å²) in [7, 11) is 0. The van der Waals surface area contributed by atoms with E-state index >= 15 is 0 Å². The lowest BCUT2D eigenvalue weighted by Gasteiger charge is -2.19. The summed E-state index contributed by atoms with van der Waals surface area (Å²) in [5.41, 5.74) is 5.22. The highest BCUT2D eigenvalue weighted by molar-refractivity contribution is 6.02. The number of rotatable bonds is 10. The summed E-state index contributed by atoms with van der Waals surface area (Å²) in [6.07, 6.45) is 0. The van der Waals surface area contributed by atoms with Gasteiger partial charge in [0.05, 0.1) is 33.1 Å². The molecule has 4 aromatic carbocycles. The number of hydrogen-bond acceptors (Lipinski definition) is 8. The fraction of sp³-hybridized carbons (Fsp3) is 0.222. The van der Waals surface area contributed by atoms with Gasteiger partial charge in [0.15, 0.2) is 0 Å². The zero-order valence-corrected chi connectivity index (χ0v) is 26.3. The van der Waals surface area contributed by atoms with E-state index in [-0.39, 0.29) is 11.4 Å². The van der Waals surface area contributed by atoms with Crippen LogP contribution in [0.1, 0.15) is 27.7 Å². The Hall–Kier alpha value is -5.64. The van der Waals surface area contributed by atoms with Gasteiger partial charge in [-0.25, -0.2) is 0 Å². The van der Waals surface area contributed by atoms with E-state index in [0.29, 0.717) is 11.2 Å². The highest BCUT2D eigenvalue weighted by Crippen LogP contribution is 2.42. The van der Waals surface area contributed by atoms with Gasteiger partial charge in [-0.15, -0.1) is 0 Å². The molecule has 0 N–H and O–H groups in total. The lowest BCUT2D eigenvalue weighted by Crippen LogP contribution is -2.21. The second-order valence-corrected chi connectivity index (χ2v) is 10.5. The molecular weight excluding hydrogens is 584 g/mol. The van der Waals surface area contributed by atoms with E-state index in [1.54, 1.807) is 12.1 Å². The van der Waals surface area contributed by atoms with Crippen LogP contribution < -0.4 is 9.80 Å². The Morgan fingerprint density at radius 2 is 0.891 bits per heavy atom. The van der Waals surface area contributed by atoms with E-state index in [1.165, 1.54) is 24.3 Å². The highest BCUT2D eigenvalue weighted by Gasteiger charge is 2.23. The number of furan rings is 2. The zero-order chi connectivity index (χ0) is 32.8. The second-order valence-electron chi connectivity index (χ2n) is 10.5. The summed E-state index contributed by atoms with van der Waals surface area (Å²) >= 11 is 0. The molecule has 0 unspecified atom stereocenters. The van der Waals surface area contributed by atoms with Crippen molar-refractivity contribution in [2.45, 2.75) is 27.7 Å². The molecule has 0 fully saturated rings. The van der Waals surface area contributed by atoms with Gasteiger partial charge in [0.1, 0.15) is 11.2 Å². The predicted octanol–water partition coefficient (Wildman–Crippen LogP) is 9.71. The Kier molecular flexibility index (Phi) is 9.66. The molecule has 2 heterocycles. The van der Waals surface area contributed by atoms with Gasteiger partial charge in [-0.2, -0.15) is 0 Å². The van der Waals surface area contributed by atoms with Crippen LogP contribution in [-0.4, -0.2) is 36.0 Å². The van der Waals surface area contributed by atoms with Gasteiger partial charge in [0.2, 0.25) is 11.8 Å². The maximum Gasteiger partial charge on any atom is 0.273 e. The fourth-order valence-electron chi connectivity index (χ4n) is 5.61. The average Bonchev–Trinajstić information content (AvgIpc) is 3.65.